The van der Waals surface area contributed by atoms with E-state index in [9.17, 15) is 22.8 Å². The fourth-order valence-corrected chi connectivity index (χ4v) is 2.92. The van der Waals surface area contributed by atoms with Crippen LogP contribution in [-0.4, -0.2) is 14.3 Å². The smallest absolute Gasteiger partial charge is 0.347 e. The highest BCUT2D eigenvalue weighted by Crippen LogP contribution is 2.38. The van der Waals surface area contributed by atoms with Crippen LogP contribution in [0.25, 0.3) is 0 Å². The Kier molecular flexibility index (Phi) is 5.48. The Morgan fingerprint density at radius 3 is 2.18 bits per heavy atom. The molecule has 28 heavy (non-hydrogen) atoms. The minimum Gasteiger partial charge on any atom is -0.454 e. The number of aromatic nitrogens is 3. The second-order valence-corrected chi connectivity index (χ2v) is 6.49. The van der Waals surface area contributed by atoms with Gasteiger partial charge in [0.25, 0.3) is 5.56 Å². The molecule has 0 aliphatic carbocycles. The van der Waals surface area contributed by atoms with Crippen molar-refractivity contribution in [2.24, 2.45) is 7.05 Å². The molecule has 0 spiro atoms. The van der Waals surface area contributed by atoms with E-state index in [0.29, 0.717) is 17.7 Å². The molecule has 11 heteroatoms. The zero-order valence-electron chi connectivity index (χ0n) is 14.1. The molecule has 0 aliphatic rings. The van der Waals surface area contributed by atoms with Gasteiger partial charge in [-0.2, -0.15) is 5.10 Å². The Balaban J connectivity index is 1.93. The van der Waals surface area contributed by atoms with Crippen LogP contribution in [0.5, 0.6) is 11.5 Å². The van der Waals surface area contributed by atoms with Crippen molar-refractivity contribution in [3.05, 3.63) is 84.4 Å². The zero-order valence-corrected chi connectivity index (χ0v) is 15.6. The quantitative estimate of drug-likeness (QED) is 0.592. The summed E-state index contributed by atoms with van der Waals surface area (Å²) in [7, 11) is 1.31. The number of halogens is 5. The maximum absolute atomic E-state index is 13.3. The van der Waals surface area contributed by atoms with Crippen LogP contribution in [0.2, 0.25) is 10.0 Å². The number of nitrogens with zero attached hydrogens (tertiary/aromatic N) is 3. The fraction of sp³-hybridized carbons (Fsp3) is 0.118. The third kappa shape index (κ3) is 3.90. The van der Waals surface area contributed by atoms with E-state index in [0.717, 1.165) is 15.4 Å². The van der Waals surface area contributed by atoms with Crippen molar-refractivity contribution in [2.75, 3.05) is 0 Å². The molecule has 0 saturated heterocycles. The molecule has 0 radical (unpaired) electrons. The summed E-state index contributed by atoms with van der Waals surface area (Å²) in [6.45, 7) is -0.0491. The van der Waals surface area contributed by atoms with Gasteiger partial charge in [-0.25, -0.2) is 22.6 Å². The van der Waals surface area contributed by atoms with Crippen molar-refractivity contribution in [3.63, 3.8) is 0 Å². The van der Waals surface area contributed by atoms with Gasteiger partial charge in [-0.15, -0.1) is 0 Å². The summed E-state index contributed by atoms with van der Waals surface area (Å²) in [6, 6.07) is 4.09. The van der Waals surface area contributed by atoms with Gasteiger partial charge in [0.15, 0.2) is 23.2 Å². The highest BCUT2D eigenvalue weighted by atomic mass is 35.5. The van der Waals surface area contributed by atoms with Gasteiger partial charge in [0.05, 0.1) is 16.6 Å². The van der Waals surface area contributed by atoms with Crippen LogP contribution in [0.3, 0.4) is 0 Å². The summed E-state index contributed by atoms with van der Waals surface area (Å²) in [4.78, 5) is 23.4. The molecular formula is C17H10Cl2F3N3O3. The third-order valence-corrected chi connectivity index (χ3v) is 4.28. The fourth-order valence-electron chi connectivity index (χ4n) is 2.31. The van der Waals surface area contributed by atoms with Crippen molar-refractivity contribution in [1.29, 1.82) is 0 Å². The van der Waals surface area contributed by atoms with E-state index in [1.54, 1.807) is 0 Å². The highest BCUT2D eigenvalue weighted by Gasteiger charge is 2.16. The first-order chi connectivity index (χ1) is 13.2. The van der Waals surface area contributed by atoms with Crippen LogP contribution in [0.15, 0.2) is 40.1 Å². The van der Waals surface area contributed by atoms with E-state index >= 15 is 0 Å². The molecule has 1 heterocycles. The average Bonchev–Trinajstić information content (AvgIpc) is 2.63. The van der Waals surface area contributed by atoms with Gasteiger partial charge in [0.2, 0.25) is 0 Å². The summed E-state index contributed by atoms with van der Waals surface area (Å²) < 4.78 is 46.9. The first-order valence-corrected chi connectivity index (χ1v) is 8.36. The Bertz CT molecular complexity index is 1150. The maximum atomic E-state index is 13.3. The highest BCUT2D eigenvalue weighted by molar-refractivity contribution is 6.37. The summed E-state index contributed by atoms with van der Waals surface area (Å²) >= 11 is 12.2. The van der Waals surface area contributed by atoms with Gasteiger partial charge < -0.3 is 4.74 Å². The third-order valence-electron chi connectivity index (χ3n) is 3.71. The summed E-state index contributed by atoms with van der Waals surface area (Å²) in [5.41, 5.74) is -0.746. The van der Waals surface area contributed by atoms with Gasteiger partial charge >= 0.3 is 5.69 Å². The molecule has 0 aliphatic heterocycles. The van der Waals surface area contributed by atoms with E-state index in [2.05, 4.69) is 5.10 Å². The Morgan fingerprint density at radius 2 is 1.61 bits per heavy atom. The lowest BCUT2D eigenvalue weighted by Crippen LogP contribution is -2.39. The second-order valence-electron chi connectivity index (χ2n) is 5.67. The first kappa shape index (κ1) is 20.0. The summed E-state index contributed by atoms with van der Waals surface area (Å²) in [5.74, 6) is -4.95. The van der Waals surface area contributed by atoms with Gasteiger partial charge in [-0.05, 0) is 17.7 Å². The lowest BCUT2D eigenvalue weighted by atomic mass is 10.2. The standard InChI is InChI=1S/C17H10Cl2F3N3O3/c1-24-14(26)6-23-25(17(24)27)7-8-2-10(18)16(11(19)3-8)28-9-4-12(20)15(22)13(21)5-9/h2-6H,7H2,1H3. The monoisotopic (exact) mass is 431 g/mol. The van der Waals surface area contributed by atoms with Crippen LogP contribution in [0.4, 0.5) is 13.2 Å². The molecule has 0 N–H and O–H groups in total. The Morgan fingerprint density at radius 1 is 1.04 bits per heavy atom. The van der Waals surface area contributed by atoms with E-state index in [-0.39, 0.29) is 28.1 Å². The van der Waals surface area contributed by atoms with Crippen molar-refractivity contribution in [1.82, 2.24) is 14.3 Å². The zero-order chi connectivity index (χ0) is 20.6. The predicted octanol–water partition coefficient (Wildman–Crippen LogP) is 3.51. The molecule has 0 amide bonds. The van der Waals surface area contributed by atoms with Gasteiger partial charge in [-0.1, -0.05) is 23.2 Å². The van der Waals surface area contributed by atoms with Crippen LogP contribution in [-0.2, 0) is 13.6 Å². The number of rotatable bonds is 4. The molecule has 0 fully saturated rings. The summed E-state index contributed by atoms with van der Waals surface area (Å²) in [5, 5.41) is 3.70. The molecule has 3 rings (SSSR count). The molecule has 146 valence electrons. The Hall–Kier alpha value is -2.78. The minimum atomic E-state index is -1.63. The molecule has 0 atom stereocenters. The van der Waals surface area contributed by atoms with Gasteiger partial charge in [0.1, 0.15) is 11.9 Å². The van der Waals surface area contributed by atoms with Crippen LogP contribution < -0.4 is 16.0 Å². The summed E-state index contributed by atoms with van der Waals surface area (Å²) in [6.07, 6.45) is 0.986. The topological polar surface area (TPSA) is 66.1 Å². The molecule has 3 aromatic rings. The molecule has 1 aromatic heterocycles. The number of hydrogen-bond donors (Lipinski definition) is 0. The average molecular weight is 432 g/mol. The lowest BCUT2D eigenvalue weighted by Gasteiger charge is -2.12. The minimum absolute atomic E-state index is 0.0227. The number of benzene rings is 2. The van der Waals surface area contributed by atoms with E-state index in [1.807, 2.05) is 0 Å². The normalized spacial score (nSPS) is 10.9. The SMILES string of the molecule is Cn1c(=O)cnn(Cc2cc(Cl)c(Oc3cc(F)c(F)c(F)c3)c(Cl)c2)c1=O. The van der Waals surface area contributed by atoms with E-state index < -0.39 is 28.7 Å². The maximum Gasteiger partial charge on any atom is 0.347 e. The van der Waals surface area contributed by atoms with E-state index in [1.165, 1.54) is 19.2 Å². The number of ether oxygens (including phenoxy) is 1. The molecule has 0 bridgehead atoms. The van der Waals surface area contributed by atoms with Crippen molar-refractivity contribution >= 4 is 23.2 Å². The molecule has 0 unspecified atom stereocenters. The predicted molar refractivity (Wildman–Crippen MR) is 95.7 cm³/mol. The molecule has 2 aromatic carbocycles. The van der Waals surface area contributed by atoms with Crippen molar-refractivity contribution in [2.45, 2.75) is 6.54 Å². The lowest BCUT2D eigenvalue weighted by molar-refractivity contribution is 0.423. The van der Waals surface area contributed by atoms with Crippen LogP contribution >= 0.6 is 23.2 Å². The molecule has 6 nitrogen and oxygen atoms in total. The van der Waals surface area contributed by atoms with Crippen molar-refractivity contribution in [3.8, 4) is 11.5 Å². The Labute approximate surface area is 165 Å². The number of hydrogen-bond acceptors (Lipinski definition) is 4. The molecular weight excluding hydrogens is 422 g/mol. The van der Waals surface area contributed by atoms with Crippen LogP contribution in [0, 0.1) is 17.5 Å². The first-order valence-electron chi connectivity index (χ1n) is 7.61. The van der Waals surface area contributed by atoms with Crippen LogP contribution in [0.1, 0.15) is 5.56 Å². The van der Waals surface area contributed by atoms with Crippen molar-refractivity contribution < 1.29 is 17.9 Å². The largest absolute Gasteiger partial charge is 0.454 e. The van der Waals surface area contributed by atoms with Gasteiger partial charge in [-0.3, -0.25) is 9.36 Å². The molecule has 0 saturated carbocycles. The van der Waals surface area contributed by atoms with E-state index in [4.69, 9.17) is 27.9 Å². The second kappa shape index (κ2) is 7.69. The van der Waals surface area contributed by atoms with Gasteiger partial charge in [0, 0.05) is 19.2 Å².